The molecule has 2 saturated heterocycles. The second-order valence-corrected chi connectivity index (χ2v) is 8.01. The number of piperidine rings is 1. The number of halogens is 1. The van der Waals surface area contributed by atoms with Gasteiger partial charge in [-0.05, 0) is 52.9 Å². The average Bonchev–Trinajstić information content (AvgIpc) is 3.19. The number of hydrogen-bond donors (Lipinski definition) is 0. The average molecular weight is 443 g/mol. The van der Waals surface area contributed by atoms with Crippen LogP contribution in [0.4, 0.5) is 0 Å². The van der Waals surface area contributed by atoms with E-state index in [9.17, 15) is 5.26 Å². The lowest BCUT2D eigenvalue weighted by molar-refractivity contribution is -0.0659. The second kappa shape index (κ2) is 8.12. The molecule has 2 aliphatic rings. The molecule has 0 bridgehead atoms. The lowest BCUT2D eigenvalue weighted by Gasteiger charge is -2.45. The van der Waals surface area contributed by atoms with Gasteiger partial charge in [0.1, 0.15) is 34.3 Å². The molecule has 3 atom stereocenters. The van der Waals surface area contributed by atoms with Crippen molar-refractivity contribution in [2.75, 3.05) is 20.3 Å². The van der Waals surface area contributed by atoms with Crippen LogP contribution in [-0.2, 0) is 4.74 Å². The van der Waals surface area contributed by atoms with Crippen LogP contribution in [0.25, 0.3) is 0 Å². The van der Waals surface area contributed by atoms with Crippen molar-refractivity contribution in [2.45, 2.75) is 37.1 Å². The number of methoxy groups -OCH3 is 1. The molecule has 4 rings (SSSR count). The van der Waals surface area contributed by atoms with Gasteiger partial charge in [0.05, 0.1) is 25.8 Å². The fraction of sp³-hybridized carbons (Fsp3) is 0.409. The highest BCUT2D eigenvalue weighted by Crippen LogP contribution is 2.44. The van der Waals surface area contributed by atoms with E-state index in [1.54, 1.807) is 7.11 Å². The molecule has 0 unspecified atom stereocenters. The van der Waals surface area contributed by atoms with Gasteiger partial charge in [-0.15, -0.1) is 0 Å². The summed E-state index contributed by atoms with van der Waals surface area (Å²) in [6.45, 7) is 0.874. The molecular formula is C22H23BrN2O3. The summed E-state index contributed by atoms with van der Waals surface area (Å²) < 4.78 is 18.4. The summed E-state index contributed by atoms with van der Waals surface area (Å²) in [6.07, 6.45) is 2.60. The third-order valence-electron chi connectivity index (χ3n) is 5.63. The minimum atomic E-state index is -0.734. The van der Waals surface area contributed by atoms with Gasteiger partial charge in [-0.25, -0.2) is 4.90 Å². The molecule has 6 heteroatoms. The van der Waals surface area contributed by atoms with E-state index in [1.807, 2.05) is 36.4 Å². The van der Waals surface area contributed by atoms with Crippen LogP contribution in [-0.4, -0.2) is 37.0 Å². The predicted molar refractivity (Wildman–Crippen MR) is 109 cm³/mol. The first-order chi connectivity index (χ1) is 13.7. The molecule has 0 N–H and O–H groups in total. The fourth-order valence-electron chi connectivity index (χ4n) is 4.24. The minimum absolute atomic E-state index is 0.0454. The van der Waals surface area contributed by atoms with Gasteiger partial charge in [0.15, 0.2) is 0 Å². The first-order valence-electron chi connectivity index (χ1n) is 9.50. The molecule has 2 heterocycles. The van der Waals surface area contributed by atoms with Crippen molar-refractivity contribution in [1.82, 2.24) is 4.90 Å². The molecule has 28 heavy (non-hydrogen) atoms. The Balaban J connectivity index is 1.62. The Morgan fingerprint density at radius 3 is 2.75 bits per heavy atom. The third kappa shape index (κ3) is 3.39. The molecule has 2 fully saturated rings. The minimum Gasteiger partial charge on any atom is -0.495 e. The summed E-state index contributed by atoms with van der Waals surface area (Å²) in [5.41, 5.74) is 0.441. The number of benzene rings is 2. The fourth-order valence-corrected chi connectivity index (χ4v) is 4.78. The molecule has 0 radical (unpaired) electrons. The number of rotatable bonds is 5. The van der Waals surface area contributed by atoms with Crippen molar-refractivity contribution in [2.24, 2.45) is 0 Å². The SMILES string of the molecule is COc1cccc(OC[C@@]2(C#N)CCC[C@H]3OC[C@@H](c4ccccc4)N32)c1Br. The maximum absolute atomic E-state index is 10.2. The van der Waals surface area contributed by atoms with E-state index in [2.05, 4.69) is 39.0 Å². The van der Waals surface area contributed by atoms with Crippen LogP contribution in [0.1, 0.15) is 30.9 Å². The lowest BCUT2D eigenvalue weighted by atomic mass is 9.85. The molecule has 0 saturated carbocycles. The van der Waals surface area contributed by atoms with Gasteiger partial charge < -0.3 is 14.2 Å². The van der Waals surface area contributed by atoms with Crippen LogP contribution in [0.15, 0.2) is 53.0 Å². The highest BCUT2D eigenvalue weighted by molar-refractivity contribution is 9.10. The van der Waals surface area contributed by atoms with Gasteiger partial charge in [0.2, 0.25) is 0 Å². The van der Waals surface area contributed by atoms with Crippen molar-refractivity contribution in [3.05, 3.63) is 58.6 Å². The first-order valence-corrected chi connectivity index (χ1v) is 10.3. The quantitative estimate of drug-likeness (QED) is 0.672. The molecule has 0 amide bonds. The molecule has 146 valence electrons. The number of nitriles is 1. The molecule has 5 nitrogen and oxygen atoms in total. The van der Waals surface area contributed by atoms with Crippen LogP contribution in [0, 0.1) is 11.3 Å². The van der Waals surface area contributed by atoms with Crippen molar-refractivity contribution in [3.8, 4) is 17.6 Å². The van der Waals surface area contributed by atoms with Gasteiger partial charge in [-0.3, -0.25) is 0 Å². The number of nitrogens with zero attached hydrogens (tertiary/aromatic N) is 2. The van der Waals surface area contributed by atoms with E-state index in [0.717, 1.165) is 23.7 Å². The zero-order valence-corrected chi connectivity index (χ0v) is 17.4. The van der Waals surface area contributed by atoms with E-state index >= 15 is 0 Å². The summed E-state index contributed by atoms with van der Waals surface area (Å²) in [6, 6.07) is 18.6. The largest absolute Gasteiger partial charge is 0.495 e. The first kappa shape index (κ1) is 19.3. The molecule has 0 aliphatic carbocycles. The predicted octanol–water partition coefficient (Wildman–Crippen LogP) is 4.68. The monoisotopic (exact) mass is 442 g/mol. The van der Waals surface area contributed by atoms with Gasteiger partial charge in [0.25, 0.3) is 0 Å². The third-order valence-corrected chi connectivity index (χ3v) is 6.42. The zero-order chi connectivity index (χ0) is 19.6. The van der Waals surface area contributed by atoms with Crippen LogP contribution >= 0.6 is 15.9 Å². The van der Waals surface area contributed by atoms with Crippen molar-refractivity contribution in [3.63, 3.8) is 0 Å². The van der Waals surface area contributed by atoms with Crippen LogP contribution < -0.4 is 9.47 Å². The van der Waals surface area contributed by atoms with E-state index in [4.69, 9.17) is 14.2 Å². The number of fused-ring (bicyclic) bond motifs is 1. The maximum Gasteiger partial charge on any atom is 0.146 e. The summed E-state index contributed by atoms with van der Waals surface area (Å²) in [4.78, 5) is 2.24. The van der Waals surface area contributed by atoms with Crippen molar-refractivity contribution in [1.29, 1.82) is 5.26 Å². The van der Waals surface area contributed by atoms with E-state index in [1.165, 1.54) is 5.56 Å². The molecule has 0 spiro atoms. The van der Waals surface area contributed by atoms with E-state index < -0.39 is 5.54 Å². The standard InChI is InChI=1S/C22H23BrN2O3/c1-26-18-9-5-10-19(21(18)23)28-15-22(14-24)12-6-11-20-25(22)17(13-27-20)16-7-3-2-4-8-16/h2-5,7-10,17,20H,6,11-13,15H2,1H3/t17-,20+,22-/m0/s1. The van der Waals surface area contributed by atoms with Gasteiger partial charge in [-0.2, -0.15) is 5.26 Å². The normalized spacial score (nSPS) is 27.0. The van der Waals surface area contributed by atoms with Crippen LogP contribution in [0.5, 0.6) is 11.5 Å². The molecule has 2 aromatic carbocycles. The highest BCUT2D eigenvalue weighted by Gasteiger charge is 2.52. The summed E-state index contributed by atoms with van der Waals surface area (Å²) in [5, 5.41) is 10.2. The molecule has 2 aliphatic heterocycles. The smallest absolute Gasteiger partial charge is 0.146 e. The highest BCUT2D eigenvalue weighted by atomic mass is 79.9. The topological polar surface area (TPSA) is 54.7 Å². The summed E-state index contributed by atoms with van der Waals surface area (Å²) in [7, 11) is 1.62. The van der Waals surface area contributed by atoms with Crippen LogP contribution in [0.2, 0.25) is 0 Å². The Bertz CT molecular complexity index is 870. The molecule has 2 aromatic rings. The Morgan fingerprint density at radius 1 is 1.21 bits per heavy atom. The second-order valence-electron chi connectivity index (χ2n) is 7.22. The van der Waals surface area contributed by atoms with E-state index in [0.29, 0.717) is 18.1 Å². The Labute approximate surface area is 173 Å². The van der Waals surface area contributed by atoms with Crippen molar-refractivity contribution < 1.29 is 14.2 Å². The Hall–Kier alpha value is -2.07. The van der Waals surface area contributed by atoms with E-state index in [-0.39, 0.29) is 18.9 Å². The zero-order valence-electron chi connectivity index (χ0n) is 15.8. The Kier molecular flexibility index (Phi) is 5.58. The lowest BCUT2D eigenvalue weighted by Crippen LogP contribution is -2.57. The van der Waals surface area contributed by atoms with Crippen LogP contribution in [0.3, 0.4) is 0 Å². The summed E-state index contributed by atoms with van der Waals surface area (Å²) >= 11 is 3.54. The molecular weight excluding hydrogens is 420 g/mol. The van der Waals surface area contributed by atoms with Gasteiger partial charge in [0, 0.05) is 0 Å². The maximum atomic E-state index is 10.2. The summed E-state index contributed by atoms with van der Waals surface area (Å²) in [5.74, 6) is 1.38. The van der Waals surface area contributed by atoms with Gasteiger partial charge >= 0.3 is 0 Å². The Morgan fingerprint density at radius 2 is 2.00 bits per heavy atom. The number of hydrogen-bond acceptors (Lipinski definition) is 5. The van der Waals surface area contributed by atoms with Gasteiger partial charge in [-0.1, -0.05) is 36.4 Å². The molecule has 0 aromatic heterocycles. The number of ether oxygens (including phenoxy) is 3. The van der Waals surface area contributed by atoms with Crippen molar-refractivity contribution >= 4 is 15.9 Å².